The Labute approximate surface area is 189 Å². The van der Waals surface area contributed by atoms with Crippen LogP contribution in [0.5, 0.6) is 0 Å². The van der Waals surface area contributed by atoms with Crippen LogP contribution >= 0.6 is 0 Å². The van der Waals surface area contributed by atoms with E-state index in [2.05, 4.69) is 96.9 Å². The van der Waals surface area contributed by atoms with Crippen molar-refractivity contribution in [3.05, 3.63) is 0 Å². The normalized spacial score (nSPS) is 17.9. The minimum atomic E-state index is -0.375. The van der Waals surface area contributed by atoms with Crippen molar-refractivity contribution in [3.63, 3.8) is 0 Å². The smallest absolute Gasteiger partial charge is 0.139 e. The molecule has 0 aliphatic carbocycles. The standard InChI is InChI=1S/C28H54O2/c1-23(2,3)19-27(13,25(7,8)9)18-21(29)16-15-17-22(30)28(14,26(10,11)12)20-24(4,5)6/h15-20H2,1-14H3. The summed E-state index contributed by atoms with van der Waals surface area (Å²) in [6, 6.07) is 0. The topological polar surface area (TPSA) is 34.1 Å². The Bertz CT molecular complexity index is 586. The molecule has 0 aromatic heterocycles. The van der Waals surface area contributed by atoms with E-state index < -0.39 is 0 Å². The highest BCUT2D eigenvalue weighted by atomic mass is 16.1. The maximum absolute atomic E-state index is 13.3. The number of ketones is 2. The molecule has 0 aromatic carbocycles. The van der Waals surface area contributed by atoms with Gasteiger partial charge in [0.25, 0.3) is 0 Å². The van der Waals surface area contributed by atoms with Crippen molar-refractivity contribution in [2.24, 2.45) is 32.5 Å². The van der Waals surface area contributed by atoms with Crippen molar-refractivity contribution in [1.29, 1.82) is 0 Å². The van der Waals surface area contributed by atoms with E-state index in [9.17, 15) is 9.59 Å². The SMILES string of the molecule is CC(C)(C)CC(C)(CC(=O)CCCC(=O)C(C)(CC(C)(C)C)C(C)(C)C)C(C)(C)C. The van der Waals surface area contributed by atoms with Gasteiger partial charge in [0.2, 0.25) is 0 Å². The van der Waals surface area contributed by atoms with Gasteiger partial charge < -0.3 is 0 Å². The fourth-order valence-electron chi connectivity index (χ4n) is 4.85. The van der Waals surface area contributed by atoms with Gasteiger partial charge in [-0.15, -0.1) is 0 Å². The van der Waals surface area contributed by atoms with E-state index in [-0.39, 0.29) is 32.5 Å². The first-order valence-electron chi connectivity index (χ1n) is 12.0. The summed E-state index contributed by atoms with van der Waals surface area (Å²) in [7, 11) is 0. The molecule has 0 saturated carbocycles. The Hall–Kier alpha value is -0.660. The molecule has 0 fully saturated rings. The van der Waals surface area contributed by atoms with Crippen LogP contribution in [0.1, 0.15) is 135 Å². The summed E-state index contributed by atoms with van der Waals surface area (Å²) in [6.45, 7) is 31.0. The summed E-state index contributed by atoms with van der Waals surface area (Å²) in [6.07, 6.45) is 4.16. The lowest BCUT2D eigenvalue weighted by molar-refractivity contribution is -0.136. The lowest BCUT2D eigenvalue weighted by Crippen LogP contribution is -2.43. The molecule has 0 aliphatic rings. The van der Waals surface area contributed by atoms with Crippen molar-refractivity contribution >= 4 is 11.6 Å². The Balaban J connectivity index is 5.16. The van der Waals surface area contributed by atoms with Crippen molar-refractivity contribution in [2.45, 2.75) is 135 Å². The summed E-state index contributed by atoms with van der Waals surface area (Å²) in [5.41, 5.74) is -0.185. The largest absolute Gasteiger partial charge is 0.300 e. The second-order valence-electron chi connectivity index (χ2n) is 14.9. The second kappa shape index (κ2) is 9.45. The number of rotatable bonds is 9. The van der Waals surface area contributed by atoms with E-state index in [0.29, 0.717) is 37.2 Å². The van der Waals surface area contributed by atoms with Crippen LogP contribution in [-0.4, -0.2) is 11.6 Å². The molecule has 0 N–H and O–H groups in total. The first-order chi connectivity index (χ1) is 12.9. The molecule has 0 amide bonds. The molecular weight excluding hydrogens is 368 g/mol. The molecule has 0 spiro atoms. The Morgan fingerprint density at radius 1 is 0.567 bits per heavy atom. The quantitative estimate of drug-likeness (QED) is 0.372. The summed E-state index contributed by atoms with van der Waals surface area (Å²) >= 11 is 0. The molecule has 0 bridgehead atoms. The molecule has 30 heavy (non-hydrogen) atoms. The molecule has 0 aromatic rings. The summed E-state index contributed by atoms with van der Waals surface area (Å²) in [4.78, 5) is 26.2. The maximum Gasteiger partial charge on any atom is 0.139 e. The van der Waals surface area contributed by atoms with Crippen LogP contribution in [0.15, 0.2) is 0 Å². The predicted octanol–water partition coefficient (Wildman–Crippen LogP) is 8.66. The van der Waals surface area contributed by atoms with Gasteiger partial charge in [0.1, 0.15) is 11.6 Å². The van der Waals surface area contributed by atoms with Gasteiger partial charge >= 0.3 is 0 Å². The maximum atomic E-state index is 13.3. The van der Waals surface area contributed by atoms with Gasteiger partial charge in [0.15, 0.2) is 0 Å². The van der Waals surface area contributed by atoms with Crippen molar-refractivity contribution in [3.8, 4) is 0 Å². The molecule has 2 nitrogen and oxygen atoms in total. The molecule has 2 unspecified atom stereocenters. The number of carbonyl (C=O) groups excluding carboxylic acids is 2. The van der Waals surface area contributed by atoms with E-state index in [1.165, 1.54) is 0 Å². The van der Waals surface area contributed by atoms with E-state index in [1.807, 2.05) is 0 Å². The van der Waals surface area contributed by atoms with Crippen LogP contribution in [0, 0.1) is 32.5 Å². The highest BCUT2D eigenvalue weighted by Crippen LogP contribution is 2.50. The lowest BCUT2D eigenvalue weighted by Gasteiger charge is -2.46. The molecule has 0 rings (SSSR count). The molecule has 0 aliphatic heterocycles. The lowest BCUT2D eigenvalue weighted by atomic mass is 9.58. The average molecular weight is 423 g/mol. The highest BCUT2D eigenvalue weighted by molar-refractivity contribution is 5.86. The van der Waals surface area contributed by atoms with Gasteiger partial charge in [-0.25, -0.2) is 0 Å². The van der Waals surface area contributed by atoms with Crippen LogP contribution in [0.2, 0.25) is 0 Å². The third kappa shape index (κ3) is 8.83. The molecule has 178 valence electrons. The molecule has 0 radical (unpaired) electrons. The first-order valence-corrected chi connectivity index (χ1v) is 12.0. The number of hydrogen-bond donors (Lipinski definition) is 0. The number of Topliss-reactive ketones (excluding diaryl/α,β-unsaturated/α-hetero) is 2. The fraction of sp³-hybridized carbons (Fsp3) is 0.929. The number of carbonyl (C=O) groups is 2. The molecule has 0 saturated heterocycles. The zero-order valence-corrected chi connectivity index (χ0v) is 23.1. The highest BCUT2D eigenvalue weighted by Gasteiger charge is 2.45. The van der Waals surface area contributed by atoms with E-state index in [4.69, 9.17) is 0 Å². The van der Waals surface area contributed by atoms with Crippen LogP contribution in [0.3, 0.4) is 0 Å². The molecule has 2 heteroatoms. The van der Waals surface area contributed by atoms with Gasteiger partial charge in [0, 0.05) is 24.7 Å². The predicted molar refractivity (Wildman–Crippen MR) is 132 cm³/mol. The van der Waals surface area contributed by atoms with E-state index in [1.54, 1.807) is 0 Å². The summed E-state index contributed by atoms with van der Waals surface area (Å²) in [5, 5.41) is 0. The Morgan fingerprint density at radius 3 is 1.33 bits per heavy atom. The van der Waals surface area contributed by atoms with Crippen LogP contribution in [0.4, 0.5) is 0 Å². The van der Waals surface area contributed by atoms with Gasteiger partial charge in [-0.05, 0) is 46.3 Å². The zero-order chi connectivity index (χ0) is 24.4. The van der Waals surface area contributed by atoms with Crippen LogP contribution in [0.25, 0.3) is 0 Å². The van der Waals surface area contributed by atoms with Gasteiger partial charge in [-0.2, -0.15) is 0 Å². The zero-order valence-electron chi connectivity index (χ0n) is 23.1. The van der Waals surface area contributed by atoms with Gasteiger partial charge in [-0.3, -0.25) is 9.59 Å². The first kappa shape index (κ1) is 29.3. The van der Waals surface area contributed by atoms with Crippen molar-refractivity contribution in [1.82, 2.24) is 0 Å². The van der Waals surface area contributed by atoms with Gasteiger partial charge in [-0.1, -0.05) is 96.9 Å². The molecular formula is C28H54O2. The van der Waals surface area contributed by atoms with E-state index in [0.717, 1.165) is 12.8 Å². The average Bonchev–Trinajstić information content (AvgIpc) is 2.40. The van der Waals surface area contributed by atoms with E-state index >= 15 is 0 Å². The Kier molecular flexibility index (Phi) is 9.24. The second-order valence-corrected chi connectivity index (χ2v) is 14.9. The monoisotopic (exact) mass is 422 g/mol. The van der Waals surface area contributed by atoms with Crippen molar-refractivity contribution < 1.29 is 9.59 Å². The third-order valence-electron chi connectivity index (χ3n) is 7.33. The van der Waals surface area contributed by atoms with Crippen LogP contribution in [-0.2, 0) is 9.59 Å². The summed E-state index contributed by atoms with van der Waals surface area (Å²) < 4.78 is 0. The van der Waals surface area contributed by atoms with Gasteiger partial charge in [0.05, 0.1) is 0 Å². The van der Waals surface area contributed by atoms with Crippen molar-refractivity contribution in [2.75, 3.05) is 0 Å². The molecule has 0 heterocycles. The molecule has 2 atom stereocenters. The minimum Gasteiger partial charge on any atom is -0.300 e. The fourth-order valence-corrected chi connectivity index (χ4v) is 4.85. The Morgan fingerprint density at radius 2 is 1.00 bits per heavy atom. The summed E-state index contributed by atoms with van der Waals surface area (Å²) in [5.74, 6) is 0.615. The number of hydrogen-bond acceptors (Lipinski definition) is 2. The third-order valence-corrected chi connectivity index (χ3v) is 7.33. The van der Waals surface area contributed by atoms with Crippen LogP contribution < -0.4 is 0 Å². The minimum absolute atomic E-state index is 0.0432.